The fourth-order valence-corrected chi connectivity index (χ4v) is 2.01. The fraction of sp³-hybridized carbons (Fsp3) is 0.500. The molecule has 1 amide bonds. The molecule has 3 nitrogen and oxygen atoms in total. The SMILES string of the molecule is CC(Cc1cccs1)NC(=O)OCC(F)(F)F. The Balaban J connectivity index is 2.26. The van der Waals surface area contributed by atoms with Crippen molar-refractivity contribution in [3.05, 3.63) is 22.4 Å². The van der Waals surface area contributed by atoms with Gasteiger partial charge in [-0.2, -0.15) is 13.2 Å². The Morgan fingerprint density at radius 1 is 1.59 bits per heavy atom. The van der Waals surface area contributed by atoms with Gasteiger partial charge in [0.15, 0.2) is 6.61 Å². The Morgan fingerprint density at radius 2 is 2.29 bits per heavy atom. The molecule has 7 heteroatoms. The predicted molar refractivity (Wildman–Crippen MR) is 58.0 cm³/mol. The van der Waals surface area contributed by atoms with E-state index in [2.05, 4.69) is 10.1 Å². The smallest absolute Gasteiger partial charge is 0.422 e. The van der Waals surface area contributed by atoms with Crippen LogP contribution in [-0.4, -0.2) is 24.9 Å². The van der Waals surface area contributed by atoms with E-state index in [0.717, 1.165) is 4.88 Å². The molecule has 0 saturated carbocycles. The molecule has 1 N–H and O–H groups in total. The zero-order valence-electron chi connectivity index (χ0n) is 9.08. The molecule has 0 aromatic carbocycles. The van der Waals surface area contributed by atoms with Gasteiger partial charge in [-0.3, -0.25) is 0 Å². The standard InChI is InChI=1S/C10H12F3NO2S/c1-7(5-8-3-2-4-17-8)14-9(15)16-6-10(11,12)13/h2-4,7H,5-6H2,1H3,(H,14,15). The van der Waals surface area contributed by atoms with Crippen molar-refractivity contribution in [3.63, 3.8) is 0 Å². The molecule has 1 rings (SSSR count). The minimum Gasteiger partial charge on any atom is -0.440 e. The van der Waals surface area contributed by atoms with Crippen molar-refractivity contribution in [2.24, 2.45) is 0 Å². The van der Waals surface area contributed by atoms with Gasteiger partial charge in [0.25, 0.3) is 0 Å². The van der Waals surface area contributed by atoms with E-state index in [0.29, 0.717) is 6.42 Å². The van der Waals surface area contributed by atoms with E-state index in [1.807, 2.05) is 17.5 Å². The van der Waals surface area contributed by atoms with Gasteiger partial charge in [-0.15, -0.1) is 11.3 Å². The summed E-state index contributed by atoms with van der Waals surface area (Å²) in [6.07, 6.45) is -4.97. The number of ether oxygens (including phenoxy) is 1. The molecule has 1 aromatic heterocycles. The second-order valence-electron chi connectivity index (χ2n) is 3.52. The highest BCUT2D eigenvalue weighted by Crippen LogP contribution is 2.14. The van der Waals surface area contributed by atoms with Gasteiger partial charge in [-0.1, -0.05) is 6.07 Å². The zero-order valence-corrected chi connectivity index (χ0v) is 9.90. The summed E-state index contributed by atoms with van der Waals surface area (Å²) in [6.45, 7) is 0.138. The number of alkyl halides is 3. The van der Waals surface area contributed by atoms with E-state index in [1.165, 1.54) is 11.3 Å². The molecule has 96 valence electrons. The summed E-state index contributed by atoms with van der Waals surface area (Å²) in [4.78, 5) is 12.0. The van der Waals surface area contributed by atoms with Crippen molar-refractivity contribution in [1.82, 2.24) is 5.32 Å². The normalized spacial score (nSPS) is 13.2. The van der Waals surface area contributed by atoms with E-state index >= 15 is 0 Å². The van der Waals surface area contributed by atoms with Gasteiger partial charge in [-0.25, -0.2) is 4.79 Å². The predicted octanol–water partition coefficient (Wildman–Crippen LogP) is 2.97. The van der Waals surface area contributed by atoms with Crippen molar-refractivity contribution < 1.29 is 22.7 Å². The highest BCUT2D eigenvalue weighted by Gasteiger charge is 2.29. The number of alkyl carbamates (subject to hydrolysis) is 1. The van der Waals surface area contributed by atoms with Crippen molar-refractivity contribution in [2.45, 2.75) is 25.6 Å². The molecule has 0 spiro atoms. The third-order valence-corrected chi connectivity index (χ3v) is 2.72. The maximum Gasteiger partial charge on any atom is 0.422 e. The lowest BCUT2D eigenvalue weighted by molar-refractivity contribution is -0.160. The number of hydrogen-bond acceptors (Lipinski definition) is 3. The van der Waals surface area contributed by atoms with Crippen LogP contribution in [0.4, 0.5) is 18.0 Å². The minimum atomic E-state index is -4.49. The van der Waals surface area contributed by atoms with Crippen LogP contribution in [0.15, 0.2) is 17.5 Å². The van der Waals surface area contributed by atoms with E-state index in [4.69, 9.17) is 0 Å². The molecule has 1 atom stereocenters. The highest BCUT2D eigenvalue weighted by molar-refractivity contribution is 7.09. The highest BCUT2D eigenvalue weighted by atomic mass is 32.1. The Labute approximate surface area is 101 Å². The van der Waals surface area contributed by atoms with Gasteiger partial charge in [0.2, 0.25) is 0 Å². The van der Waals surface area contributed by atoms with E-state index < -0.39 is 18.9 Å². The maximum atomic E-state index is 11.8. The van der Waals surface area contributed by atoms with Crippen LogP contribution < -0.4 is 5.32 Å². The summed E-state index contributed by atoms with van der Waals surface area (Å²) in [5.41, 5.74) is 0. The largest absolute Gasteiger partial charge is 0.440 e. The molecule has 0 bridgehead atoms. The van der Waals surface area contributed by atoms with E-state index in [9.17, 15) is 18.0 Å². The summed E-state index contributed by atoms with van der Waals surface area (Å²) in [7, 11) is 0. The average molecular weight is 267 g/mol. The number of carbonyl (C=O) groups is 1. The quantitative estimate of drug-likeness (QED) is 0.910. The summed E-state index contributed by atoms with van der Waals surface area (Å²) in [6, 6.07) is 3.49. The molecule has 0 aliphatic carbocycles. The number of rotatable bonds is 4. The van der Waals surface area contributed by atoms with Crippen LogP contribution in [0.5, 0.6) is 0 Å². The van der Waals surface area contributed by atoms with Gasteiger partial charge >= 0.3 is 12.3 Å². The van der Waals surface area contributed by atoms with Crippen molar-refractivity contribution in [2.75, 3.05) is 6.61 Å². The number of hydrogen-bond donors (Lipinski definition) is 1. The van der Waals surface area contributed by atoms with Crippen LogP contribution >= 0.6 is 11.3 Å². The Bertz CT molecular complexity index is 351. The summed E-state index contributed by atoms with van der Waals surface area (Å²) >= 11 is 1.52. The zero-order chi connectivity index (χ0) is 12.9. The van der Waals surface area contributed by atoms with Crippen LogP contribution in [0.3, 0.4) is 0 Å². The van der Waals surface area contributed by atoms with E-state index in [1.54, 1.807) is 6.92 Å². The average Bonchev–Trinajstić information content (AvgIpc) is 2.66. The summed E-state index contributed by atoms with van der Waals surface area (Å²) < 4.78 is 39.3. The van der Waals surface area contributed by atoms with Crippen molar-refractivity contribution in [1.29, 1.82) is 0 Å². The fourth-order valence-electron chi connectivity index (χ4n) is 1.17. The molecule has 0 saturated heterocycles. The van der Waals surface area contributed by atoms with E-state index in [-0.39, 0.29) is 6.04 Å². The molecule has 1 unspecified atom stereocenters. The molecular weight excluding hydrogens is 255 g/mol. The van der Waals surface area contributed by atoms with Crippen LogP contribution in [0.2, 0.25) is 0 Å². The number of nitrogens with one attached hydrogen (secondary N) is 1. The van der Waals surface area contributed by atoms with Gasteiger partial charge in [0, 0.05) is 17.3 Å². The second-order valence-corrected chi connectivity index (χ2v) is 4.55. The first-order chi connectivity index (χ1) is 7.87. The molecular formula is C10H12F3NO2S. The molecule has 0 radical (unpaired) electrons. The Hall–Kier alpha value is -1.24. The number of halogens is 3. The first-order valence-corrected chi connectivity index (χ1v) is 5.77. The Kier molecular flexibility index (Phi) is 4.80. The summed E-state index contributed by atoms with van der Waals surface area (Å²) in [5, 5.41) is 4.23. The van der Waals surface area contributed by atoms with Crippen molar-refractivity contribution in [3.8, 4) is 0 Å². The lowest BCUT2D eigenvalue weighted by Crippen LogP contribution is -2.36. The first kappa shape index (κ1) is 13.8. The first-order valence-electron chi connectivity index (χ1n) is 4.89. The van der Waals surface area contributed by atoms with Crippen LogP contribution in [0, 0.1) is 0 Å². The van der Waals surface area contributed by atoms with Crippen LogP contribution in [0.25, 0.3) is 0 Å². The second kappa shape index (κ2) is 5.90. The third kappa shape index (κ3) is 6.15. The number of carbonyl (C=O) groups excluding carboxylic acids is 1. The monoisotopic (exact) mass is 267 g/mol. The molecule has 1 heterocycles. The molecule has 17 heavy (non-hydrogen) atoms. The third-order valence-electron chi connectivity index (χ3n) is 1.82. The van der Waals surface area contributed by atoms with Gasteiger partial charge < -0.3 is 10.1 Å². The molecule has 0 aliphatic heterocycles. The van der Waals surface area contributed by atoms with Crippen LogP contribution in [-0.2, 0) is 11.2 Å². The lowest BCUT2D eigenvalue weighted by atomic mass is 10.2. The minimum absolute atomic E-state index is 0.269. The van der Waals surface area contributed by atoms with Gasteiger partial charge in [0.1, 0.15) is 0 Å². The van der Waals surface area contributed by atoms with Gasteiger partial charge in [0.05, 0.1) is 0 Å². The van der Waals surface area contributed by atoms with Crippen LogP contribution in [0.1, 0.15) is 11.8 Å². The number of amides is 1. The molecule has 0 aliphatic rings. The molecule has 1 aromatic rings. The molecule has 0 fully saturated rings. The van der Waals surface area contributed by atoms with Crippen molar-refractivity contribution >= 4 is 17.4 Å². The maximum absolute atomic E-state index is 11.8. The lowest BCUT2D eigenvalue weighted by Gasteiger charge is -2.13. The topological polar surface area (TPSA) is 38.3 Å². The summed E-state index contributed by atoms with van der Waals surface area (Å²) in [5.74, 6) is 0. The number of thiophene rings is 1. The van der Waals surface area contributed by atoms with Gasteiger partial charge in [-0.05, 0) is 18.4 Å². The Morgan fingerprint density at radius 3 is 2.82 bits per heavy atom.